The van der Waals surface area contributed by atoms with Gasteiger partial charge in [0.1, 0.15) is 6.10 Å². The highest BCUT2D eigenvalue weighted by molar-refractivity contribution is 5.93. The molecule has 0 aliphatic heterocycles. The molecular weight excluding hydrogens is 166 g/mol. The number of aliphatic hydroxyl groups is 1. The fraction of sp³-hybridized carbons (Fsp3) is 0.300. The average Bonchev–Trinajstić information content (AvgIpc) is 2.04. The zero-order chi connectivity index (χ0) is 9.84. The van der Waals surface area contributed by atoms with E-state index >= 15 is 0 Å². The van der Waals surface area contributed by atoms with Gasteiger partial charge in [-0.05, 0) is 31.5 Å². The normalized spacial score (nSPS) is 12.2. The van der Waals surface area contributed by atoms with Crippen LogP contribution in [0.5, 0.6) is 0 Å². The predicted molar refractivity (Wildman–Crippen MR) is 51.5 cm³/mol. The Kier molecular flexibility index (Phi) is 3.03. The molecule has 70 valence electrons. The molecule has 0 heterocycles. The van der Waals surface area contributed by atoms with Gasteiger partial charge in [0.15, 0.2) is 0 Å². The quantitative estimate of drug-likeness (QED) is 0.719. The first-order valence-electron chi connectivity index (χ1n) is 4.15. The van der Waals surface area contributed by atoms with Crippen LogP contribution in [0.2, 0.25) is 0 Å². The van der Waals surface area contributed by atoms with E-state index in [9.17, 15) is 4.79 Å². The van der Waals surface area contributed by atoms with Crippen molar-refractivity contribution in [2.24, 2.45) is 0 Å². The molecule has 0 aromatic heterocycles. The first-order chi connectivity index (χ1) is 6.09. The SMILES string of the molecule is Cc1cccc(NC(=O)[C@@H](C)O)c1. The molecule has 0 aliphatic rings. The number of anilines is 1. The zero-order valence-corrected chi connectivity index (χ0v) is 7.74. The minimum atomic E-state index is -0.972. The summed E-state index contributed by atoms with van der Waals surface area (Å²) in [7, 11) is 0. The lowest BCUT2D eigenvalue weighted by Gasteiger charge is -2.07. The average molecular weight is 179 g/mol. The standard InChI is InChI=1S/C10H13NO2/c1-7-4-3-5-9(6-7)11-10(13)8(2)12/h3-6,8,12H,1-2H3,(H,11,13)/t8-/m1/s1. The van der Waals surface area contributed by atoms with Crippen LogP contribution in [0, 0.1) is 6.92 Å². The Morgan fingerprint density at radius 3 is 2.77 bits per heavy atom. The number of carbonyl (C=O) groups is 1. The molecule has 1 atom stereocenters. The van der Waals surface area contributed by atoms with Crippen LogP contribution in [0.3, 0.4) is 0 Å². The Hall–Kier alpha value is -1.35. The van der Waals surface area contributed by atoms with E-state index < -0.39 is 6.10 Å². The second-order valence-electron chi connectivity index (χ2n) is 3.03. The molecule has 0 spiro atoms. The molecule has 0 saturated heterocycles. The first kappa shape index (κ1) is 9.74. The van der Waals surface area contributed by atoms with Gasteiger partial charge in [-0.15, -0.1) is 0 Å². The number of benzene rings is 1. The van der Waals surface area contributed by atoms with E-state index in [-0.39, 0.29) is 5.91 Å². The number of hydrogen-bond acceptors (Lipinski definition) is 2. The van der Waals surface area contributed by atoms with Crippen molar-refractivity contribution >= 4 is 11.6 Å². The minimum Gasteiger partial charge on any atom is -0.384 e. The highest BCUT2D eigenvalue weighted by Crippen LogP contribution is 2.09. The molecular formula is C10H13NO2. The third-order valence-corrected chi connectivity index (χ3v) is 1.67. The molecule has 0 saturated carbocycles. The van der Waals surface area contributed by atoms with Gasteiger partial charge in [0.05, 0.1) is 0 Å². The second kappa shape index (κ2) is 4.05. The van der Waals surface area contributed by atoms with Gasteiger partial charge in [-0.1, -0.05) is 12.1 Å². The van der Waals surface area contributed by atoms with Crippen LogP contribution in [0.4, 0.5) is 5.69 Å². The van der Waals surface area contributed by atoms with Crippen LogP contribution in [0.1, 0.15) is 12.5 Å². The number of amides is 1. The summed E-state index contributed by atoms with van der Waals surface area (Å²) in [4.78, 5) is 11.1. The summed E-state index contributed by atoms with van der Waals surface area (Å²) in [5.41, 5.74) is 1.79. The van der Waals surface area contributed by atoms with Crippen LogP contribution in [-0.4, -0.2) is 17.1 Å². The van der Waals surface area contributed by atoms with E-state index in [2.05, 4.69) is 5.32 Å². The van der Waals surface area contributed by atoms with Gasteiger partial charge in [0.25, 0.3) is 5.91 Å². The summed E-state index contributed by atoms with van der Waals surface area (Å²) < 4.78 is 0. The number of aryl methyl sites for hydroxylation is 1. The van der Waals surface area contributed by atoms with Crippen LogP contribution in [0.25, 0.3) is 0 Å². The monoisotopic (exact) mass is 179 g/mol. The minimum absolute atomic E-state index is 0.384. The lowest BCUT2D eigenvalue weighted by Crippen LogP contribution is -2.24. The Morgan fingerprint density at radius 2 is 2.23 bits per heavy atom. The largest absolute Gasteiger partial charge is 0.384 e. The smallest absolute Gasteiger partial charge is 0.252 e. The topological polar surface area (TPSA) is 49.3 Å². The molecule has 3 nitrogen and oxygen atoms in total. The van der Waals surface area contributed by atoms with E-state index in [0.29, 0.717) is 5.69 Å². The summed E-state index contributed by atoms with van der Waals surface area (Å²) in [5, 5.41) is 11.5. The number of nitrogens with one attached hydrogen (secondary N) is 1. The van der Waals surface area contributed by atoms with Crippen LogP contribution in [0.15, 0.2) is 24.3 Å². The van der Waals surface area contributed by atoms with Gasteiger partial charge in [-0.25, -0.2) is 0 Å². The highest BCUT2D eigenvalue weighted by Gasteiger charge is 2.07. The first-order valence-corrected chi connectivity index (χ1v) is 4.15. The Balaban J connectivity index is 2.69. The molecule has 1 amide bonds. The summed E-state index contributed by atoms with van der Waals surface area (Å²) in [6.07, 6.45) is -0.972. The number of aliphatic hydroxyl groups excluding tert-OH is 1. The summed E-state index contributed by atoms with van der Waals surface area (Å²) in [6, 6.07) is 7.43. The van der Waals surface area contributed by atoms with Crippen molar-refractivity contribution in [3.8, 4) is 0 Å². The van der Waals surface area contributed by atoms with Gasteiger partial charge >= 0.3 is 0 Å². The second-order valence-corrected chi connectivity index (χ2v) is 3.03. The van der Waals surface area contributed by atoms with E-state index in [4.69, 9.17) is 5.11 Å². The maximum absolute atomic E-state index is 11.1. The molecule has 0 radical (unpaired) electrons. The fourth-order valence-electron chi connectivity index (χ4n) is 0.970. The van der Waals surface area contributed by atoms with Gasteiger partial charge in [-0.3, -0.25) is 4.79 Å². The molecule has 3 heteroatoms. The molecule has 0 fully saturated rings. The van der Waals surface area contributed by atoms with E-state index in [0.717, 1.165) is 5.56 Å². The summed E-state index contributed by atoms with van der Waals surface area (Å²) in [6.45, 7) is 3.38. The molecule has 1 rings (SSSR count). The number of carbonyl (C=O) groups excluding carboxylic acids is 1. The molecule has 0 aliphatic carbocycles. The Bertz CT molecular complexity index is 308. The van der Waals surface area contributed by atoms with E-state index in [1.807, 2.05) is 25.1 Å². The van der Waals surface area contributed by atoms with Crippen LogP contribution in [-0.2, 0) is 4.79 Å². The molecule has 0 unspecified atom stereocenters. The molecule has 0 bridgehead atoms. The van der Waals surface area contributed by atoms with Crippen molar-refractivity contribution < 1.29 is 9.90 Å². The molecule has 1 aromatic carbocycles. The van der Waals surface area contributed by atoms with Crippen molar-refractivity contribution in [2.75, 3.05) is 5.32 Å². The van der Waals surface area contributed by atoms with E-state index in [1.54, 1.807) is 6.07 Å². The third-order valence-electron chi connectivity index (χ3n) is 1.67. The number of hydrogen-bond donors (Lipinski definition) is 2. The number of rotatable bonds is 2. The van der Waals surface area contributed by atoms with Crippen LogP contribution < -0.4 is 5.32 Å². The van der Waals surface area contributed by atoms with Crippen molar-refractivity contribution in [1.29, 1.82) is 0 Å². The summed E-state index contributed by atoms with van der Waals surface area (Å²) in [5.74, 6) is -0.384. The summed E-state index contributed by atoms with van der Waals surface area (Å²) >= 11 is 0. The molecule has 2 N–H and O–H groups in total. The molecule has 13 heavy (non-hydrogen) atoms. The lowest BCUT2D eigenvalue weighted by molar-refractivity contribution is -0.123. The van der Waals surface area contributed by atoms with Crippen LogP contribution >= 0.6 is 0 Å². The van der Waals surface area contributed by atoms with E-state index in [1.165, 1.54) is 6.92 Å². The zero-order valence-electron chi connectivity index (χ0n) is 7.74. The third kappa shape index (κ3) is 2.87. The maximum atomic E-state index is 11.1. The fourth-order valence-corrected chi connectivity index (χ4v) is 0.970. The van der Waals surface area contributed by atoms with Gasteiger partial charge in [-0.2, -0.15) is 0 Å². The lowest BCUT2D eigenvalue weighted by atomic mass is 10.2. The predicted octanol–water partition coefficient (Wildman–Crippen LogP) is 1.31. The van der Waals surface area contributed by atoms with Crippen molar-refractivity contribution in [3.05, 3.63) is 29.8 Å². The van der Waals surface area contributed by atoms with Gasteiger partial charge in [0.2, 0.25) is 0 Å². The Labute approximate surface area is 77.4 Å². The maximum Gasteiger partial charge on any atom is 0.252 e. The van der Waals surface area contributed by atoms with Crippen molar-refractivity contribution in [1.82, 2.24) is 0 Å². The highest BCUT2D eigenvalue weighted by atomic mass is 16.3. The van der Waals surface area contributed by atoms with Crippen molar-refractivity contribution in [3.63, 3.8) is 0 Å². The Morgan fingerprint density at radius 1 is 1.54 bits per heavy atom. The van der Waals surface area contributed by atoms with Gasteiger partial charge in [0, 0.05) is 5.69 Å². The van der Waals surface area contributed by atoms with Crippen molar-refractivity contribution in [2.45, 2.75) is 20.0 Å². The van der Waals surface area contributed by atoms with Gasteiger partial charge < -0.3 is 10.4 Å². The molecule has 1 aromatic rings.